The number of sulfonamides is 1. The number of hydrogen-bond acceptors (Lipinski definition) is 5. The molecule has 0 aliphatic heterocycles. The van der Waals surface area contributed by atoms with Crippen LogP contribution in [0.15, 0.2) is 83.8 Å². The molecule has 2 amide bonds. The molecule has 0 fully saturated rings. The first-order valence-electron chi connectivity index (χ1n) is 12.7. The minimum atomic E-state index is -4.15. The average Bonchev–Trinajstić information content (AvgIpc) is 2.95. The zero-order valence-electron chi connectivity index (χ0n) is 22.3. The highest BCUT2D eigenvalue weighted by Crippen LogP contribution is 2.26. The van der Waals surface area contributed by atoms with Crippen molar-refractivity contribution in [1.82, 2.24) is 10.2 Å². The monoisotopic (exact) mass is 571 g/mol. The summed E-state index contributed by atoms with van der Waals surface area (Å²) in [6, 6.07) is 20.6. The number of halogens is 1. The maximum absolute atomic E-state index is 14.0. The van der Waals surface area contributed by atoms with E-state index in [1.807, 2.05) is 13.8 Å². The SMILES string of the molecule is CCCNC(=O)C(CC)N(Cc1ccccc1Cl)C(=O)CN(c1ccccc1)S(=O)(=O)c1ccc(OC)cc1. The summed E-state index contributed by atoms with van der Waals surface area (Å²) in [6.07, 6.45) is 1.07. The van der Waals surface area contributed by atoms with Gasteiger partial charge >= 0.3 is 0 Å². The Labute approximate surface area is 235 Å². The average molecular weight is 572 g/mol. The van der Waals surface area contributed by atoms with Crippen LogP contribution < -0.4 is 14.4 Å². The second-order valence-electron chi connectivity index (χ2n) is 8.85. The molecule has 0 aliphatic carbocycles. The van der Waals surface area contributed by atoms with E-state index in [2.05, 4.69) is 5.32 Å². The smallest absolute Gasteiger partial charge is 0.264 e. The molecule has 0 bridgehead atoms. The number of carbonyl (C=O) groups is 2. The molecule has 0 aliphatic rings. The van der Waals surface area contributed by atoms with E-state index in [9.17, 15) is 18.0 Å². The maximum atomic E-state index is 14.0. The van der Waals surface area contributed by atoms with Crippen molar-refractivity contribution in [3.8, 4) is 5.75 Å². The number of amides is 2. The molecule has 208 valence electrons. The van der Waals surface area contributed by atoms with E-state index in [0.717, 1.165) is 10.7 Å². The lowest BCUT2D eigenvalue weighted by atomic mass is 10.1. The zero-order chi connectivity index (χ0) is 28.4. The summed E-state index contributed by atoms with van der Waals surface area (Å²) in [5.74, 6) is -0.329. The normalized spacial score (nSPS) is 11.9. The molecule has 0 spiro atoms. The number of anilines is 1. The lowest BCUT2D eigenvalue weighted by Gasteiger charge is -2.33. The number of carbonyl (C=O) groups excluding carboxylic acids is 2. The number of para-hydroxylation sites is 1. The van der Waals surface area contributed by atoms with Crippen molar-refractivity contribution < 1.29 is 22.7 Å². The predicted octanol–water partition coefficient (Wildman–Crippen LogP) is 4.88. The Kier molecular flexibility index (Phi) is 10.8. The number of methoxy groups -OCH3 is 1. The Morgan fingerprint density at radius 3 is 2.18 bits per heavy atom. The topological polar surface area (TPSA) is 96.0 Å². The minimum Gasteiger partial charge on any atom is -0.497 e. The summed E-state index contributed by atoms with van der Waals surface area (Å²) < 4.78 is 33.9. The van der Waals surface area contributed by atoms with Crippen LogP contribution in [0.25, 0.3) is 0 Å². The van der Waals surface area contributed by atoms with E-state index in [-0.39, 0.29) is 17.3 Å². The molecule has 3 aromatic carbocycles. The number of nitrogens with one attached hydrogen (secondary N) is 1. The van der Waals surface area contributed by atoms with E-state index < -0.39 is 28.5 Å². The molecule has 8 nitrogen and oxygen atoms in total. The second-order valence-corrected chi connectivity index (χ2v) is 11.1. The fraction of sp³-hybridized carbons (Fsp3) is 0.310. The minimum absolute atomic E-state index is 0.00494. The molecule has 0 heterocycles. The number of benzene rings is 3. The van der Waals surface area contributed by atoms with Crippen LogP contribution in [0.3, 0.4) is 0 Å². The molecular weight excluding hydrogens is 538 g/mol. The van der Waals surface area contributed by atoms with Crippen LogP contribution in [0, 0.1) is 0 Å². The van der Waals surface area contributed by atoms with Crippen molar-refractivity contribution in [2.24, 2.45) is 0 Å². The molecule has 1 atom stereocenters. The van der Waals surface area contributed by atoms with Crippen LogP contribution in [-0.4, -0.2) is 51.4 Å². The lowest BCUT2D eigenvalue weighted by Crippen LogP contribution is -2.52. The summed E-state index contributed by atoms with van der Waals surface area (Å²) in [7, 11) is -2.66. The molecule has 1 unspecified atom stereocenters. The third-order valence-corrected chi connectivity index (χ3v) is 8.36. The van der Waals surface area contributed by atoms with Crippen molar-refractivity contribution in [2.45, 2.75) is 44.2 Å². The van der Waals surface area contributed by atoms with Crippen LogP contribution in [-0.2, 0) is 26.2 Å². The highest BCUT2D eigenvalue weighted by molar-refractivity contribution is 7.92. The summed E-state index contributed by atoms with van der Waals surface area (Å²) in [4.78, 5) is 28.5. The van der Waals surface area contributed by atoms with Gasteiger partial charge in [-0.3, -0.25) is 13.9 Å². The molecule has 0 radical (unpaired) electrons. The Morgan fingerprint density at radius 1 is 0.949 bits per heavy atom. The van der Waals surface area contributed by atoms with Gasteiger partial charge in [-0.05, 0) is 60.9 Å². The largest absolute Gasteiger partial charge is 0.497 e. The number of ether oxygens (including phenoxy) is 1. The zero-order valence-corrected chi connectivity index (χ0v) is 23.9. The Balaban J connectivity index is 2.03. The van der Waals surface area contributed by atoms with Crippen LogP contribution in [0.2, 0.25) is 5.02 Å². The first-order chi connectivity index (χ1) is 18.7. The van der Waals surface area contributed by atoms with Crippen molar-refractivity contribution in [2.75, 3.05) is 24.5 Å². The first kappa shape index (κ1) is 30.0. The second kappa shape index (κ2) is 14.0. The van der Waals surface area contributed by atoms with E-state index in [1.54, 1.807) is 66.7 Å². The van der Waals surface area contributed by atoms with Crippen molar-refractivity contribution >= 4 is 39.1 Å². The number of hydrogen-bond donors (Lipinski definition) is 1. The van der Waals surface area contributed by atoms with E-state index >= 15 is 0 Å². The van der Waals surface area contributed by atoms with Crippen molar-refractivity contribution in [3.05, 3.63) is 89.4 Å². The van der Waals surface area contributed by atoms with Gasteiger partial charge in [-0.25, -0.2) is 8.42 Å². The van der Waals surface area contributed by atoms with Crippen molar-refractivity contribution in [1.29, 1.82) is 0 Å². The third kappa shape index (κ3) is 7.52. The quantitative estimate of drug-likeness (QED) is 0.315. The van der Waals surface area contributed by atoms with Gasteiger partial charge < -0.3 is 15.0 Å². The fourth-order valence-corrected chi connectivity index (χ4v) is 5.70. The molecular formula is C29H34ClN3O5S. The van der Waals surface area contributed by atoms with Crippen LogP contribution in [0.1, 0.15) is 32.3 Å². The van der Waals surface area contributed by atoms with Gasteiger partial charge in [-0.15, -0.1) is 0 Å². The van der Waals surface area contributed by atoms with Gasteiger partial charge in [0.15, 0.2) is 0 Å². The molecule has 0 saturated carbocycles. The Morgan fingerprint density at radius 2 is 1.59 bits per heavy atom. The van der Waals surface area contributed by atoms with Crippen LogP contribution in [0.4, 0.5) is 5.69 Å². The number of nitrogens with zero attached hydrogens (tertiary/aromatic N) is 2. The van der Waals surface area contributed by atoms with Gasteiger partial charge in [0.25, 0.3) is 10.0 Å². The van der Waals surface area contributed by atoms with Gasteiger partial charge in [0.05, 0.1) is 17.7 Å². The number of rotatable bonds is 13. The summed E-state index contributed by atoms with van der Waals surface area (Å²) in [6.45, 7) is 3.75. The van der Waals surface area contributed by atoms with Gasteiger partial charge in [-0.1, -0.05) is 61.8 Å². The van der Waals surface area contributed by atoms with E-state index in [1.165, 1.54) is 24.1 Å². The van der Waals surface area contributed by atoms with E-state index in [4.69, 9.17) is 16.3 Å². The first-order valence-corrected chi connectivity index (χ1v) is 14.6. The molecule has 0 saturated heterocycles. The summed E-state index contributed by atoms with van der Waals surface area (Å²) in [5.41, 5.74) is 0.973. The summed E-state index contributed by atoms with van der Waals surface area (Å²) in [5, 5.41) is 3.31. The van der Waals surface area contributed by atoms with Gasteiger partial charge in [0.1, 0.15) is 18.3 Å². The fourth-order valence-electron chi connectivity index (χ4n) is 4.09. The molecule has 39 heavy (non-hydrogen) atoms. The lowest BCUT2D eigenvalue weighted by molar-refractivity contribution is -0.140. The molecule has 3 aromatic rings. The molecule has 0 aromatic heterocycles. The maximum Gasteiger partial charge on any atom is 0.264 e. The Bertz CT molecular complexity index is 1350. The standard InChI is InChI=1S/C29H34ClN3O5S/c1-4-19-31-29(35)27(5-2)32(20-22-11-9-10-14-26(22)30)28(34)21-33(23-12-7-6-8-13-23)39(36,37)25-17-15-24(38-3)16-18-25/h6-18,27H,4-5,19-21H2,1-3H3,(H,31,35). The highest BCUT2D eigenvalue weighted by atomic mass is 35.5. The molecule has 3 rings (SSSR count). The van der Waals surface area contributed by atoms with Gasteiger partial charge in [0, 0.05) is 18.1 Å². The summed E-state index contributed by atoms with van der Waals surface area (Å²) >= 11 is 6.41. The van der Waals surface area contributed by atoms with Crippen molar-refractivity contribution in [3.63, 3.8) is 0 Å². The van der Waals surface area contributed by atoms with Gasteiger partial charge in [-0.2, -0.15) is 0 Å². The Hall–Kier alpha value is -3.56. The van der Waals surface area contributed by atoms with Crippen LogP contribution >= 0.6 is 11.6 Å². The molecule has 1 N–H and O–H groups in total. The van der Waals surface area contributed by atoms with Gasteiger partial charge in [0.2, 0.25) is 11.8 Å². The van der Waals surface area contributed by atoms with E-state index in [0.29, 0.717) is 35.0 Å². The third-order valence-electron chi connectivity index (χ3n) is 6.20. The molecule has 10 heteroatoms. The van der Waals surface area contributed by atoms with Crippen LogP contribution in [0.5, 0.6) is 5.75 Å². The predicted molar refractivity (Wildman–Crippen MR) is 153 cm³/mol. The highest BCUT2D eigenvalue weighted by Gasteiger charge is 2.33.